The molecule has 5 nitrogen and oxygen atoms in total. The molecule has 2 atom stereocenters. The summed E-state index contributed by atoms with van der Waals surface area (Å²) in [5.74, 6) is -1.22. The number of carboxylic acids is 1. The molecule has 2 rings (SSSR count). The second kappa shape index (κ2) is 7.82. The van der Waals surface area contributed by atoms with Crippen molar-refractivity contribution in [3.05, 3.63) is 29.8 Å². The lowest BCUT2D eigenvalue weighted by atomic mass is 9.79. The molecule has 0 heterocycles. The predicted octanol–water partition coefficient (Wildman–Crippen LogP) is 2.38. The van der Waals surface area contributed by atoms with Gasteiger partial charge >= 0.3 is 5.97 Å². The minimum absolute atomic E-state index is 0.167. The molecule has 0 aliphatic heterocycles. The Morgan fingerprint density at radius 3 is 2.68 bits per heavy atom. The van der Waals surface area contributed by atoms with Gasteiger partial charge in [-0.25, -0.2) is 0 Å². The number of carbonyl (C=O) groups is 2. The van der Waals surface area contributed by atoms with E-state index in [4.69, 9.17) is 4.74 Å². The van der Waals surface area contributed by atoms with Gasteiger partial charge in [-0.1, -0.05) is 25.0 Å². The van der Waals surface area contributed by atoms with Gasteiger partial charge in [-0.3, -0.25) is 9.59 Å². The molecule has 0 saturated heterocycles. The molecule has 1 saturated carbocycles. The largest absolute Gasteiger partial charge is 0.492 e. The molecule has 0 aromatic heterocycles. The highest BCUT2D eigenvalue weighted by atomic mass is 16.5. The fourth-order valence-electron chi connectivity index (χ4n) is 2.92. The van der Waals surface area contributed by atoms with Crippen LogP contribution in [-0.2, 0) is 9.59 Å². The minimum atomic E-state index is -0.865. The van der Waals surface area contributed by atoms with E-state index in [-0.39, 0.29) is 5.91 Å². The first-order chi connectivity index (χ1) is 10.6. The zero-order valence-corrected chi connectivity index (χ0v) is 12.9. The Morgan fingerprint density at radius 1 is 1.27 bits per heavy atom. The normalized spacial score (nSPS) is 21.1. The van der Waals surface area contributed by atoms with Crippen LogP contribution in [0.3, 0.4) is 0 Å². The van der Waals surface area contributed by atoms with E-state index in [9.17, 15) is 14.7 Å². The molecule has 0 radical (unpaired) electrons. The maximum absolute atomic E-state index is 12.1. The Kier molecular flexibility index (Phi) is 5.81. The van der Waals surface area contributed by atoms with Crippen molar-refractivity contribution in [2.45, 2.75) is 32.6 Å². The van der Waals surface area contributed by atoms with E-state index in [2.05, 4.69) is 5.32 Å². The monoisotopic (exact) mass is 305 g/mol. The Balaban J connectivity index is 1.76. The van der Waals surface area contributed by atoms with Crippen molar-refractivity contribution in [1.29, 1.82) is 0 Å². The number of ether oxygens (including phenoxy) is 1. The van der Waals surface area contributed by atoms with Crippen LogP contribution in [0.15, 0.2) is 24.3 Å². The lowest BCUT2D eigenvalue weighted by Crippen LogP contribution is -2.41. The SMILES string of the molecule is Cc1cccc(OCCNC(=O)[C@H]2CCCC[C@@H]2C(=O)O)c1. The number of rotatable bonds is 6. The molecule has 0 unspecified atom stereocenters. The number of nitrogens with one attached hydrogen (secondary N) is 1. The first-order valence-electron chi connectivity index (χ1n) is 7.78. The number of amides is 1. The number of hydrogen-bond donors (Lipinski definition) is 2. The van der Waals surface area contributed by atoms with Crippen LogP contribution in [0.1, 0.15) is 31.2 Å². The molecule has 120 valence electrons. The van der Waals surface area contributed by atoms with Gasteiger partial charge in [0.25, 0.3) is 0 Å². The van der Waals surface area contributed by atoms with Crippen molar-refractivity contribution < 1.29 is 19.4 Å². The Hall–Kier alpha value is -2.04. The third-order valence-electron chi connectivity index (χ3n) is 4.08. The first-order valence-corrected chi connectivity index (χ1v) is 7.78. The fourth-order valence-corrected chi connectivity index (χ4v) is 2.92. The lowest BCUT2D eigenvalue weighted by Gasteiger charge is -2.27. The Morgan fingerprint density at radius 2 is 2.00 bits per heavy atom. The molecule has 1 aliphatic carbocycles. The Labute approximate surface area is 130 Å². The summed E-state index contributed by atoms with van der Waals surface area (Å²) in [6.07, 6.45) is 3.05. The zero-order valence-electron chi connectivity index (χ0n) is 12.9. The van der Waals surface area contributed by atoms with Crippen molar-refractivity contribution >= 4 is 11.9 Å². The number of aliphatic carboxylic acids is 1. The van der Waals surface area contributed by atoms with Crippen LogP contribution in [0.5, 0.6) is 5.75 Å². The zero-order chi connectivity index (χ0) is 15.9. The van der Waals surface area contributed by atoms with Gasteiger partial charge in [0.05, 0.1) is 18.4 Å². The number of carboxylic acid groups (broad SMARTS) is 1. The third kappa shape index (κ3) is 4.48. The molecule has 1 amide bonds. The summed E-state index contributed by atoms with van der Waals surface area (Å²) in [6, 6.07) is 7.71. The minimum Gasteiger partial charge on any atom is -0.492 e. The number of carbonyl (C=O) groups excluding carboxylic acids is 1. The molecule has 5 heteroatoms. The second-order valence-electron chi connectivity index (χ2n) is 5.79. The summed E-state index contributed by atoms with van der Waals surface area (Å²) in [7, 11) is 0. The van der Waals surface area contributed by atoms with Gasteiger partial charge in [0, 0.05) is 0 Å². The molecular weight excluding hydrogens is 282 g/mol. The Bertz CT molecular complexity index is 529. The van der Waals surface area contributed by atoms with Gasteiger partial charge in [0.2, 0.25) is 5.91 Å². The maximum atomic E-state index is 12.1. The van der Waals surface area contributed by atoms with Crippen LogP contribution >= 0.6 is 0 Å². The standard InChI is InChI=1S/C17H23NO4/c1-12-5-4-6-13(11-12)22-10-9-18-16(19)14-7-2-3-8-15(14)17(20)21/h4-6,11,14-15H,2-3,7-10H2,1H3,(H,18,19)(H,20,21)/t14-,15-/m0/s1. The van der Waals surface area contributed by atoms with Crippen molar-refractivity contribution in [2.75, 3.05) is 13.2 Å². The molecule has 1 fully saturated rings. The van der Waals surface area contributed by atoms with E-state index < -0.39 is 17.8 Å². The molecule has 1 aromatic rings. The second-order valence-corrected chi connectivity index (χ2v) is 5.79. The molecular formula is C17H23NO4. The lowest BCUT2D eigenvalue weighted by molar-refractivity contribution is -0.148. The number of hydrogen-bond acceptors (Lipinski definition) is 3. The highest BCUT2D eigenvalue weighted by Gasteiger charge is 2.35. The summed E-state index contributed by atoms with van der Waals surface area (Å²) in [5.41, 5.74) is 1.12. The molecule has 0 spiro atoms. The molecule has 2 N–H and O–H groups in total. The van der Waals surface area contributed by atoms with Crippen molar-refractivity contribution in [2.24, 2.45) is 11.8 Å². The number of benzene rings is 1. The fraction of sp³-hybridized carbons (Fsp3) is 0.529. The molecule has 1 aromatic carbocycles. The summed E-state index contributed by atoms with van der Waals surface area (Å²) in [4.78, 5) is 23.4. The summed E-state index contributed by atoms with van der Waals surface area (Å²) >= 11 is 0. The molecule has 0 bridgehead atoms. The highest BCUT2D eigenvalue weighted by molar-refractivity contribution is 5.84. The number of aryl methyl sites for hydroxylation is 1. The van der Waals surface area contributed by atoms with Crippen LogP contribution in [0.2, 0.25) is 0 Å². The summed E-state index contributed by atoms with van der Waals surface area (Å²) in [6.45, 7) is 2.75. The van der Waals surface area contributed by atoms with Gasteiger partial charge in [-0.2, -0.15) is 0 Å². The van der Waals surface area contributed by atoms with Crippen molar-refractivity contribution in [3.8, 4) is 5.75 Å². The summed E-state index contributed by atoms with van der Waals surface area (Å²) < 4.78 is 5.57. The van der Waals surface area contributed by atoms with Crippen LogP contribution in [0.25, 0.3) is 0 Å². The van der Waals surface area contributed by atoms with E-state index in [1.165, 1.54) is 0 Å². The van der Waals surface area contributed by atoms with Gasteiger partial charge in [0.15, 0.2) is 0 Å². The summed E-state index contributed by atoms with van der Waals surface area (Å²) in [5, 5.41) is 12.0. The van der Waals surface area contributed by atoms with E-state index in [0.717, 1.165) is 24.2 Å². The molecule has 22 heavy (non-hydrogen) atoms. The van der Waals surface area contributed by atoms with E-state index in [0.29, 0.717) is 26.0 Å². The van der Waals surface area contributed by atoms with Crippen LogP contribution in [-0.4, -0.2) is 30.1 Å². The predicted molar refractivity (Wildman–Crippen MR) is 82.8 cm³/mol. The third-order valence-corrected chi connectivity index (χ3v) is 4.08. The molecule has 1 aliphatic rings. The van der Waals surface area contributed by atoms with Crippen molar-refractivity contribution in [1.82, 2.24) is 5.32 Å². The van der Waals surface area contributed by atoms with Gasteiger partial charge in [-0.05, 0) is 37.5 Å². The average Bonchev–Trinajstić information content (AvgIpc) is 2.51. The topological polar surface area (TPSA) is 75.6 Å². The van der Waals surface area contributed by atoms with Crippen LogP contribution < -0.4 is 10.1 Å². The van der Waals surface area contributed by atoms with Crippen molar-refractivity contribution in [3.63, 3.8) is 0 Å². The highest BCUT2D eigenvalue weighted by Crippen LogP contribution is 2.30. The van der Waals surface area contributed by atoms with E-state index in [1.54, 1.807) is 0 Å². The average molecular weight is 305 g/mol. The smallest absolute Gasteiger partial charge is 0.307 e. The first kappa shape index (κ1) is 16.3. The van der Waals surface area contributed by atoms with E-state index in [1.807, 2.05) is 31.2 Å². The maximum Gasteiger partial charge on any atom is 0.307 e. The van der Waals surface area contributed by atoms with Crippen LogP contribution in [0, 0.1) is 18.8 Å². The van der Waals surface area contributed by atoms with Gasteiger partial charge < -0.3 is 15.2 Å². The van der Waals surface area contributed by atoms with Crippen LogP contribution in [0.4, 0.5) is 0 Å². The van der Waals surface area contributed by atoms with Gasteiger partial charge in [0.1, 0.15) is 12.4 Å². The van der Waals surface area contributed by atoms with Gasteiger partial charge in [-0.15, -0.1) is 0 Å². The quantitative estimate of drug-likeness (QED) is 0.791. The van der Waals surface area contributed by atoms with E-state index >= 15 is 0 Å².